The van der Waals surface area contributed by atoms with Gasteiger partial charge in [-0.25, -0.2) is 4.39 Å². The molecule has 78 valence electrons. The average molecular weight is 292 g/mol. The van der Waals surface area contributed by atoms with Gasteiger partial charge < -0.3 is 5.32 Å². The number of nitriles is 1. The van der Waals surface area contributed by atoms with Crippen molar-refractivity contribution in [1.29, 1.82) is 5.26 Å². The Bertz CT molecular complexity index is 444. The molecule has 0 fully saturated rings. The van der Waals surface area contributed by atoms with Crippen LogP contribution in [0.5, 0.6) is 0 Å². The zero-order valence-electron chi connectivity index (χ0n) is 7.35. The van der Waals surface area contributed by atoms with E-state index in [4.69, 9.17) is 16.9 Å². The molecule has 15 heavy (non-hydrogen) atoms. The van der Waals surface area contributed by atoms with E-state index >= 15 is 0 Å². The van der Waals surface area contributed by atoms with Crippen molar-refractivity contribution in [1.82, 2.24) is 0 Å². The average Bonchev–Trinajstić information content (AvgIpc) is 2.13. The molecule has 0 aliphatic heterocycles. The van der Waals surface area contributed by atoms with Crippen LogP contribution in [-0.2, 0) is 4.79 Å². The zero-order chi connectivity index (χ0) is 11.4. The molecule has 0 aliphatic carbocycles. The lowest BCUT2D eigenvalue weighted by atomic mass is 10.3. The van der Waals surface area contributed by atoms with Gasteiger partial charge in [0.15, 0.2) is 5.82 Å². The number of benzene rings is 1. The van der Waals surface area contributed by atoms with Crippen LogP contribution in [0.2, 0.25) is 5.02 Å². The van der Waals surface area contributed by atoms with E-state index in [1.54, 1.807) is 6.07 Å². The Morgan fingerprint density at radius 1 is 1.67 bits per heavy atom. The summed E-state index contributed by atoms with van der Waals surface area (Å²) in [6, 6.07) is 4.40. The lowest BCUT2D eigenvalue weighted by molar-refractivity contribution is -0.115. The van der Waals surface area contributed by atoms with E-state index in [-0.39, 0.29) is 17.1 Å². The summed E-state index contributed by atoms with van der Waals surface area (Å²) in [6.07, 6.45) is -0.330. The van der Waals surface area contributed by atoms with Crippen molar-refractivity contribution < 1.29 is 9.18 Å². The number of carbonyl (C=O) groups is 1. The second-order valence-electron chi connectivity index (χ2n) is 2.63. The van der Waals surface area contributed by atoms with Gasteiger partial charge in [-0.05, 0) is 12.1 Å². The lowest BCUT2D eigenvalue weighted by Gasteiger charge is -2.06. The Hall–Kier alpha value is -1.12. The summed E-state index contributed by atoms with van der Waals surface area (Å²) in [5, 5.41) is 10.4. The fourth-order valence-corrected chi connectivity index (χ4v) is 1.72. The molecule has 0 aromatic heterocycles. The molecule has 1 N–H and O–H groups in total. The second-order valence-corrected chi connectivity index (χ2v) is 3.96. The highest BCUT2D eigenvalue weighted by molar-refractivity contribution is 9.10. The molecule has 1 amide bonds. The Balaban J connectivity index is 2.95. The highest BCUT2D eigenvalue weighted by Gasteiger charge is 2.11. The van der Waals surface area contributed by atoms with Crippen LogP contribution in [0.25, 0.3) is 0 Å². The maximum atomic E-state index is 13.3. The topological polar surface area (TPSA) is 52.9 Å². The highest BCUT2D eigenvalue weighted by atomic mass is 79.9. The predicted octanol–water partition coefficient (Wildman–Crippen LogP) is 3.09. The van der Waals surface area contributed by atoms with Gasteiger partial charge in [0.25, 0.3) is 0 Å². The highest BCUT2D eigenvalue weighted by Crippen LogP contribution is 2.27. The van der Waals surface area contributed by atoms with E-state index in [1.165, 1.54) is 12.1 Å². The van der Waals surface area contributed by atoms with Crippen LogP contribution >= 0.6 is 27.5 Å². The molecular formula is C9H5BrClFN2O. The summed E-state index contributed by atoms with van der Waals surface area (Å²) < 4.78 is 13.9. The fraction of sp³-hybridized carbons (Fsp3) is 0.111. The molecule has 1 rings (SSSR count). The lowest BCUT2D eigenvalue weighted by Crippen LogP contribution is -2.11. The van der Waals surface area contributed by atoms with E-state index in [0.29, 0.717) is 4.47 Å². The first-order valence-electron chi connectivity index (χ1n) is 3.86. The first-order chi connectivity index (χ1) is 7.04. The van der Waals surface area contributed by atoms with E-state index in [0.717, 1.165) is 0 Å². The number of amides is 1. The minimum absolute atomic E-state index is 0.0466. The van der Waals surface area contributed by atoms with Crippen molar-refractivity contribution >= 4 is 39.1 Å². The number of anilines is 1. The number of rotatable bonds is 2. The predicted molar refractivity (Wildman–Crippen MR) is 58.0 cm³/mol. The third-order valence-corrected chi connectivity index (χ3v) is 2.24. The van der Waals surface area contributed by atoms with Gasteiger partial charge >= 0.3 is 0 Å². The van der Waals surface area contributed by atoms with Crippen molar-refractivity contribution in [2.75, 3.05) is 5.32 Å². The minimum Gasteiger partial charge on any atom is -0.323 e. The molecule has 0 saturated heterocycles. The molecule has 1 aromatic rings. The molecule has 6 heteroatoms. The summed E-state index contributed by atoms with van der Waals surface area (Å²) in [7, 11) is 0. The Labute approximate surface area is 99.0 Å². The molecule has 0 bridgehead atoms. The van der Waals surface area contributed by atoms with Crippen LogP contribution in [0.4, 0.5) is 10.1 Å². The van der Waals surface area contributed by atoms with Gasteiger partial charge in [-0.3, -0.25) is 4.79 Å². The van der Waals surface area contributed by atoms with E-state index in [2.05, 4.69) is 21.2 Å². The van der Waals surface area contributed by atoms with Crippen LogP contribution in [0.15, 0.2) is 16.6 Å². The molecular weight excluding hydrogens is 286 g/mol. The SMILES string of the molecule is N#CCC(=O)Nc1cc(Br)cc(Cl)c1F. The molecule has 0 atom stereocenters. The molecule has 1 aromatic carbocycles. The summed E-state index contributed by atoms with van der Waals surface area (Å²) in [4.78, 5) is 11.0. The first kappa shape index (κ1) is 12.0. The molecule has 0 heterocycles. The number of halogens is 3. The van der Waals surface area contributed by atoms with E-state index < -0.39 is 11.7 Å². The van der Waals surface area contributed by atoms with Crippen molar-refractivity contribution in [3.63, 3.8) is 0 Å². The molecule has 0 radical (unpaired) electrons. The monoisotopic (exact) mass is 290 g/mol. The van der Waals surface area contributed by atoms with Crippen molar-refractivity contribution in [2.24, 2.45) is 0 Å². The van der Waals surface area contributed by atoms with Gasteiger partial charge in [0.1, 0.15) is 6.42 Å². The zero-order valence-corrected chi connectivity index (χ0v) is 9.69. The summed E-state index contributed by atoms with van der Waals surface area (Å²) >= 11 is 8.67. The van der Waals surface area contributed by atoms with Gasteiger partial charge in [-0.2, -0.15) is 5.26 Å². The standard InChI is InChI=1S/C9H5BrClFN2O/c10-5-3-6(11)9(12)7(4-5)14-8(15)1-2-13/h3-4H,1H2,(H,14,15). The largest absolute Gasteiger partial charge is 0.323 e. The number of nitrogens with zero attached hydrogens (tertiary/aromatic N) is 1. The maximum absolute atomic E-state index is 13.3. The molecule has 0 aliphatic rings. The third kappa shape index (κ3) is 3.18. The molecule has 3 nitrogen and oxygen atoms in total. The Kier molecular flexibility index (Phi) is 4.06. The summed E-state index contributed by atoms with van der Waals surface area (Å²) in [5.41, 5.74) is -0.0466. The molecule has 0 unspecified atom stereocenters. The fourth-order valence-electron chi connectivity index (χ4n) is 0.913. The third-order valence-electron chi connectivity index (χ3n) is 1.51. The van der Waals surface area contributed by atoms with E-state index in [9.17, 15) is 9.18 Å². The maximum Gasteiger partial charge on any atom is 0.238 e. The van der Waals surface area contributed by atoms with Gasteiger partial charge in [0.2, 0.25) is 5.91 Å². The quantitative estimate of drug-likeness (QED) is 0.851. The van der Waals surface area contributed by atoms with Gasteiger partial charge in [-0.1, -0.05) is 27.5 Å². The van der Waals surface area contributed by atoms with Gasteiger partial charge in [0, 0.05) is 4.47 Å². The van der Waals surface area contributed by atoms with Crippen LogP contribution in [0.1, 0.15) is 6.42 Å². The number of carbonyl (C=O) groups excluding carboxylic acids is 1. The van der Waals surface area contributed by atoms with Crippen molar-refractivity contribution in [2.45, 2.75) is 6.42 Å². The number of nitrogens with one attached hydrogen (secondary N) is 1. The van der Waals surface area contributed by atoms with Crippen LogP contribution in [-0.4, -0.2) is 5.91 Å². The van der Waals surface area contributed by atoms with Gasteiger partial charge in [-0.15, -0.1) is 0 Å². The number of hydrogen-bond donors (Lipinski definition) is 1. The van der Waals surface area contributed by atoms with Crippen LogP contribution in [0, 0.1) is 17.1 Å². The van der Waals surface area contributed by atoms with E-state index in [1.807, 2.05) is 0 Å². The number of hydrogen-bond acceptors (Lipinski definition) is 2. The summed E-state index contributed by atoms with van der Waals surface area (Å²) in [5.74, 6) is -1.29. The van der Waals surface area contributed by atoms with Gasteiger partial charge in [0.05, 0.1) is 16.8 Å². The first-order valence-corrected chi connectivity index (χ1v) is 5.03. The Morgan fingerprint density at radius 2 is 2.33 bits per heavy atom. The minimum atomic E-state index is -0.717. The second kappa shape index (κ2) is 5.10. The van der Waals surface area contributed by atoms with Crippen molar-refractivity contribution in [3.8, 4) is 6.07 Å². The van der Waals surface area contributed by atoms with Crippen LogP contribution in [0.3, 0.4) is 0 Å². The normalized spacial score (nSPS) is 9.47. The molecule has 0 saturated carbocycles. The smallest absolute Gasteiger partial charge is 0.238 e. The Morgan fingerprint density at radius 3 is 2.93 bits per heavy atom. The van der Waals surface area contributed by atoms with Crippen molar-refractivity contribution in [3.05, 3.63) is 27.4 Å². The molecule has 0 spiro atoms. The summed E-state index contributed by atoms with van der Waals surface area (Å²) in [6.45, 7) is 0. The van der Waals surface area contributed by atoms with Crippen LogP contribution < -0.4 is 5.32 Å².